The van der Waals surface area contributed by atoms with Gasteiger partial charge in [0.2, 0.25) is 0 Å². The fourth-order valence-electron chi connectivity index (χ4n) is 1.86. The highest BCUT2D eigenvalue weighted by atomic mass is 35.5. The lowest BCUT2D eigenvalue weighted by Crippen LogP contribution is -2.19. The van der Waals surface area contributed by atoms with E-state index in [2.05, 4.69) is 0 Å². The highest BCUT2D eigenvalue weighted by Crippen LogP contribution is 2.22. The molecule has 1 unspecified atom stereocenters. The van der Waals surface area contributed by atoms with Crippen molar-refractivity contribution in [3.63, 3.8) is 0 Å². The number of carboxylic acid groups (broad SMARTS) is 1. The summed E-state index contributed by atoms with van der Waals surface area (Å²) < 4.78 is 10.6. The monoisotopic (exact) mass is 306 g/mol. The van der Waals surface area contributed by atoms with Gasteiger partial charge in [-0.2, -0.15) is 0 Å². The molecule has 2 aromatic rings. The van der Waals surface area contributed by atoms with Gasteiger partial charge in [0.1, 0.15) is 24.0 Å². The van der Waals surface area contributed by atoms with Gasteiger partial charge in [-0.15, -0.1) is 0 Å². The summed E-state index contributed by atoms with van der Waals surface area (Å²) in [7, 11) is 1.56. The van der Waals surface area contributed by atoms with Crippen LogP contribution in [0.2, 0.25) is 5.02 Å². The van der Waals surface area contributed by atoms with Gasteiger partial charge in [0.05, 0.1) is 7.11 Å². The number of carboxylic acids is 1. The van der Waals surface area contributed by atoms with Crippen LogP contribution < -0.4 is 9.47 Å². The first-order valence-corrected chi connectivity index (χ1v) is 6.73. The van der Waals surface area contributed by atoms with Crippen LogP contribution in [0.25, 0.3) is 0 Å². The van der Waals surface area contributed by atoms with E-state index in [9.17, 15) is 9.90 Å². The Balaban J connectivity index is 2.08. The van der Waals surface area contributed by atoms with Crippen molar-refractivity contribution >= 4 is 17.6 Å². The molecule has 2 rings (SSSR count). The summed E-state index contributed by atoms with van der Waals surface area (Å²) in [5, 5.41) is 9.95. The normalized spacial score (nSPS) is 11.7. The van der Waals surface area contributed by atoms with Gasteiger partial charge in [0, 0.05) is 5.02 Å². The van der Waals surface area contributed by atoms with E-state index in [0.717, 1.165) is 0 Å². The second-order valence-corrected chi connectivity index (χ2v) is 4.87. The van der Waals surface area contributed by atoms with Crippen LogP contribution in [0.1, 0.15) is 11.5 Å². The lowest BCUT2D eigenvalue weighted by atomic mass is 10.0. The first-order chi connectivity index (χ1) is 10.1. The number of carbonyl (C=O) groups is 1. The van der Waals surface area contributed by atoms with Gasteiger partial charge in [-0.1, -0.05) is 23.7 Å². The van der Waals surface area contributed by atoms with Crippen LogP contribution in [0, 0.1) is 0 Å². The van der Waals surface area contributed by atoms with Crippen molar-refractivity contribution in [3.05, 3.63) is 59.1 Å². The van der Waals surface area contributed by atoms with Gasteiger partial charge in [-0.25, -0.2) is 0 Å². The van der Waals surface area contributed by atoms with Crippen molar-refractivity contribution in [2.24, 2.45) is 0 Å². The Morgan fingerprint density at radius 2 is 1.67 bits per heavy atom. The second kappa shape index (κ2) is 6.99. The summed E-state index contributed by atoms with van der Waals surface area (Å²) in [5.41, 5.74) is 0.664. The molecule has 4 nitrogen and oxygen atoms in total. The summed E-state index contributed by atoms with van der Waals surface area (Å²) in [6.45, 7) is 0.0449. The molecule has 2 aromatic carbocycles. The van der Waals surface area contributed by atoms with Gasteiger partial charge in [0.25, 0.3) is 0 Å². The summed E-state index contributed by atoms with van der Waals surface area (Å²) in [6.07, 6.45) is 0. The number of halogens is 1. The van der Waals surface area contributed by atoms with Gasteiger partial charge < -0.3 is 14.6 Å². The SMILES string of the molecule is COc1ccc(C(COc2ccc(Cl)cc2)C(=O)O)cc1. The number of hydrogen-bond donors (Lipinski definition) is 1. The molecule has 110 valence electrons. The Hall–Kier alpha value is -2.20. The second-order valence-electron chi connectivity index (χ2n) is 4.43. The molecule has 0 spiro atoms. The fourth-order valence-corrected chi connectivity index (χ4v) is 1.98. The minimum Gasteiger partial charge on any atom is -0.497 e. The largest absolute Gasteiger partial charge is 0.497 e. The molecular formula is C16H15ClO4. The molecule has 0 saturated heterocycles. The van der Waals surface area contributed by atoms with Crippen molar-refractivity contribution in [2.75, 3.05) is 13.7 Å². The predicted molar refractivity (Wildman–Crippen MR) is 80.3 cm³/mol. The Kier molecular flexibility index (Phi) is 5.06. The molecule has 0 aliphatic rings. The molecule has 0 amide bonds. The van der Waals surface area contributed by atoms with Crippen LogP contribution in [-0.2, 0) is 4.79 Å². The van der Waals surface area contributed by atoms with Crippen LogP contribution in [0.15, 0.2) is 48.5 Å². The molecule has 1 atom stereocenters. The van der Waals surface area contributed by atoms with Crippen LogP contribution >= 0.6 is 11.6 Å². The average Bonchev–Trinajstić information content (AvgIpc) is 2.49. The molecule has 0 radical (unpaired) electrons. The number of methoxy groups -OCH3 is 1. The zero-order valence-corrected chi connectivity index (χ0v) is 12.2. The predicted octanol–water partition coefficient (Wildman–Crippen LogP) is 3.60. The van der Waals surface area contributed by atoms with E-state index in [1.54, 1.807) is 55.6 Å². The molecule has 0 aliphatic carbocycles. The molecule has 21 heavy (non-hydrogen) atoms. The molecule has 0 heterocycles. The summed E-state index contributed by atoms with van der Waals surface area (Å²) in [5.74, 6) is -0.415. The maximum atomic E-state index is 11.4. The number of benzene rings is 2. The van der Waals surface area contributed by atoms with E-state index in [-0.39, 0.29) is 6.61 Å². The third-order valence-corrected chi connectivity index (χ3v) is 3.30. The van der Waals surface area contributed by atoms with Crippen molar-refractivity contribution in [1.29, 1.82) is 0 Å². The number of hydrogen-bond acceptors (Lipinski definition) is 3. The number of rotatable bonds is 6. The lowest BCUT2D eigenvalue weighted by Gasteiger charge is -2.14. The Morgan fingerprint density at radius 3 is 2.19 bits per heavy atom. The maximum Gasteiger partial charge on any atom is 0.314 e. The number of aliphatic carboxylic acids is 1. The molecule has 0 aromatic heterocycles. The van der Waals surface area contributed by atoms with Gasteiger partial charge >= 0.3 is 5.97 Å². The molecule has 0 aliphatic heterocycles. The summed E-state index contributed by atoms with van der Waals surface area (Å²) in [6, 6.07) is 13.7. The van der Waals surface area contributed by atoms with Crippen molar-refractivity contribution in [3.8, 4) is 11.5 Å². The third-order valence-electron chi connectivity index (χ3n) is 3.05. The average molecular weight is 307 g/mol. The molecule has 0 bridgehead atoms. The first-order valence-electron chi connectivity index (χ1n) is 6.35. The molecule has 5 heteroatoms. The van der Waals surface area contributed by atoms with Gasteiger partial charge in [0.15, 0.2) is 0 Å². The van der Waals surface area contributed by atoms with Gasteiger partial charge in [-0.05, 0) is 42.0 Å². The third kappa shape index (κ3) is 4.13. The smallest absolute Gasteiger partial charge is 0.314 e. The molecule has 0 saturated carbocycles. The van der Waals surface area contributed by atoms with E-state index in [0.29, 0.717) is 22.1 Å². The Labute approximate surface area is 127 Å². The van der Waals surface area contributed by atoms with E-state index < -0.39 is 11.9 Å². The fraction of sp³-hybridized carbons (Fsp3) is 0.188. The van der Waals surface area contributed by atoms with Crippen LogP contribution in [0.4, 0.5) is 0 Å². The minimum absolute atomic E-state index is 0.0449. The Bertz CT molecular complexity index is 593. The summed E-state index contributed by atoms with van der Waals surface area (Å²) in [4.78, 5) is 11.4. The topological polar surface area (TPSA) is 55.8 Å². The molecule has 0 fully saturated rings. The summed E-state index contributed by atoms with van der Waals surface area (Å²) >= 11 is 5.79. The maximum absolute atomic E-state index is 11.4. The lowest BCUT2D eigenvalue weighted by molar-refractivity contribution is -0.139. The van der Waals surface area contributed by atoms with Crippen molar-refractivity contribution in [2.45, 2.75) is 5.92 Å². The standard InChI is InChI=1S/C16H15ClO4/c1-20-13-6-2-11(3-7-13)15(16(18)19)10-21-14-8-4-12(17)5-9-14/h2-9,15H,10H2,1H3,(H,18,19). The van der Waals surface area contributed by atoms with Crippen molar-refractivity contribution in [1.82, 2.24) is 0 Å². The van der Waals surface area contributed by atoms with E-state index in [1.807, 2.05) is 0 Å². The Morgan fingerprint density at radius 1 is 1.10 bits per heavy atom. The minimum atomic E-state index is -0.936. The zero-order chi connectivity index (χ0) is 15.2. The highest BCUT2D eigenvalue weighted by Gasteiger charge is 2.20. The van der Waals surface area contributed by atoms with Crippen LogP contribution in [-0.4, -0.2) is 24.8 Å². The molecular weight excluding hydrogens is 292 g/mol. The van der Waals surface area contributed by atoms with Gasteiger partial charge in [-0.3, -0.25) is 4.79 Å². The van der Waals surface area contributed by atoms with E-state index in [1.165, 1.54) is 0 Å². The van der Waals surface area contributed by atoms with Crippen molar-refractivity contribution < 1.29 is 19.4 Å². The number of ether oxygens (including phenoxy) is 2. The van der Waals surface area contributed by atoms with E-state index >= 15 is 0 Å². The first kappa shape index (κ1) is 15.2. The van der Waals surface area contributed by atoms with Crippen LogP contribution in [0.3, 0.4) is 0 Å². The highest BCUT2D eigenvalue weighted by molar-refractivity contribution is 6.30. The quantitative estimate of drug-likeness (QED) is 0.886. The zero-order valence-electron chi connectivity index (χ0n) is 11.5. The van der Waals surface area contributed by atoms with E-state index in [4.69, 9.17) is 21.1 Å². The van der Waals surface area contributed by atoms with Crippen LogP contribution in [0.5, 0.6) is 11.5 Å². The molecule has 1 N–H and O–H groups in total.